The zero-order valence-corrected chi connectivity index (χ0v) is 17.1. The molecule has 1 N–H and O–H groups in total. The summed E-state index contributed by atoms with van der Waals surface area (Å²) in [5.41, 5.74) is 1.40. The highest BCUT2D eigenvalue weighted by Crippen LogP contribution is 2.41. The first-order valence-electron chi connectivity index (χ1n) is 9.13. The maximum Gasteiger partial charge on any atom is 0.240 e. The molecule has 0 saturated heterocycles. The summed E-state index contributed by atoms with van der Waals surface area (Å²) in [6, 6.07) is 12.0. The molecule has 1 aliphatic rings. The van der Waals surface area contributed by atoms with Crippen molar-refractivity contribution < 1.29 is 22.7 Å². The summed E-state index contributed by atoms with van der Waals surface area (Å²) in [5.74, 6) is 1.28. The number of fused-ring (bicyclic) bond motifs is 1. The Bertz CT molecular complexity index is 951. The van der Waals surface area contributed by atoms with Gasteiger partial charge in [-0.25, -0.2) is 13.1 Å². The molecule has 150 valence electrons. The molecule has 0 amide bonds. The fourth-order valence-corrected chi connectivity index (χ4v) is 4.58. The van der Waals surface area contributed by atoms with E-state index in [9.17, 15) is 13.2 Å². The van der Waals surface area contributed by atoms with E-state index in [0.717, 1.165) is 17.4 Å². The van der Waals surface area contributed by atoms with Crippen LogP contribution in [0.4, 0.5) is 0 Å². The molecular weight excluding hydrogens is 378 g/mol. The van der Waals surface area contributed by atoms with Gasteiger partial charge in [0.1, 0.15) is 23.4 Å². The predicted molar refractivity (Wildman–Crippen MR) is 106 cm³/mol. The van der Waals surface area contributed by atoms with Crippen LogP contribution in [0.5, 0.6) is 11.5 Å². The molecule has 6 nitrogen and oxygen atoms in total. The Hall–Kier alpha value is -2.38. The molecule has 7 heteroatoms. The van der Waals surface area contributed by atoms with Crippen LogP contribution in [0.1, 0.15) is 37.3 Å². The van der Waals surface area contributed by atoms with Crippen LogP contribution in [0.2, 0.25) is 0 Å². The molecule has 1 atom stereocenters. The lowest BCUT2D eigenvalue weighted by atomic mass is 9.84. The molecule has 1 unspecified atom stereocenters. The third-order valence-corrected chi connectivity index (χ3v) is 6.29. The molecule has 28 heavy (non-hydrogen) atoms. The molecule has 3 rings (SSSR count). The SMILES string of the molecule is COc1ccc(S(=O)(=O)NCC2CC(C)(C)Oc3cc(CC=O)ccc32)cc1. The Morgan fingerprint density at radius 1 is 1.21 bits per heavy atom. The third kappa shape index (κ3) is 4.54. The van der Waals surface area contributed by atoms with E-state index < -0.39 is 15.6 Å². The number of rotatable bonds is 7. The molecule has 0 aromatic heterocycles. The normalized spacial score (nSPS) is 18.0. The minimum Gasteiger partial charge on any atom is -0.497 e. The summed E-state index contributed by atoms with van der Waals surface area (Å²) in [5, 5.41) is 0. The van der Waals surface area contributed by atoms with Crippen molar-refractivity contribution in [1.29, 1.82) is 0 Å². The summed E-state index contributed by atoms with van der Waals surface area (Å²) < 4.78 is 39.2. The van der Waals surface area contributed by atoms with E-state index in [1.807, 2.05) is 32.0 Å². The lowest BCUT2D eigenvalue weighted by Crippen LogP contribution is -2.39. The number of hydrogen-bond acceptors (Lipinski definition) is 5. The molecule has 0 fully saturated rings. The number of sulfonamides is 1. The Labute approximate surface area is 165 Å². The first kappa shape index (κ1) is 20.4. The van der Waals surface area contributed by atoms with Gasteiger partial charge in [0.25, 0.3) is 0 Å². The molecule has 0 saturated carbocycles. The molecule has 0 radical (unpaired) electrons. The highest BCUT2D eigenvalue weighted by atomic mass is 32.2. The van der Waals surface area contributed by atoms with Crippen molar-refractivity contribution in [1.82, 2.24) is 4.72 Å². The van der Waals surface area contributed by atoms with E-state index in [0.29, 0.717) is 24.3 Å². The number of benzene rings is 2. The first-order valence-corrected chi connectivity index (χ1v) is 10.6. The van der Waals surface area contributed by atoms with E-state index in [1.54, 1.807) is 12.1 Å². The van der Waals surface area contributed by atoms with E-state index in [-0.39, 0.29) is 17.4 Å². The average Bonchev–Trinajstić information content (AvgIpc) is 2.65. The average molecular weight is 404 g/mol. The lowest BCUT2D eigenvalue weighted by molar-refractivity contribution is -0.107. The van der Waals surface area contributed by atoms with Crippen LogP contribution in [-0.4, -0.2) is 34.0 Å². The Morgan fingerprint density at radius 2 is 1.93 bits per heavy atom. The molecule has 1 heterocycles. The zero-order valence-electron chi connectivity index (χ0n) is 16.3. The van der Waals surface area contributed by atoms with Gasteiger partial charge in [-0.1, -0.05) is 12.1 Å². The minimum absolute atomic E-state index is 0.0305. The molecule has 0 aliphatic carbocycles. The fraction of sp³-hybridized carbons (Fsp3) is 0.381. The highest BCUT2D eigenvalue weighted by Gasteiger charge is 2.34. The number of carbonyl (C=O) groups is 1. The van der Waals surface area contributed by atoms with Gasteiger partial charge in [-0.2, -0.15) is 0 Å². The smallest absolute Gasteiger partial charge is 0.240 e. The van der Waals surface area contributed by atoms with Crippen LogP contribution in [0.3, 0.4) is 0 Å². The number of hydrogen-bond donors (Lipinski definition) is 1. The second-order valence-electron chi connectivity index (χ2n) is 7.53. The fourth-order valence-electron chi connectivity index (χ4n) is 3.50. The number of ether oxygens (including phenoxy) is 2. The summed E-state index contributed by atoms with van der Waals surface area (Å²) >= 11 is 0. The van der Waals surface area contributed by atoms with Crippen LogP contribution in [0.15, 0.2) is 47.4 Å². The molecule has 2 aromatic rings. The Kier molecular flexibility index (Phi) is 5.76. The molecule has 0 spiro atoms. The number of methoxy groups -OCH3 is 1. The van der Waals surface area contributed by atoms with Crippen molar-refractivity contribution in [2.75, 3.05) is 13.7 Å². The van der Waals surface area contributed by atoms with Crippen molar-refractivity contribution in [2.24, 2.45) is 0 Å². The van der Waals surface area contributed by atoms with Crippen molar-refractivity contribution in [3.8, 4) is 11.5 Å². The van der Waals surface area contributed by atoms with Gasteiger partial charge in [-0.3, -0.25) is 0 Å². The highest BCUT2D eigenvalue weighted by molar-refractivity contribution is 7.89. The van der Waals surface area contributed by atoms with Gasteiger partial charge in [0.2, 0.25) is 10.0 Å². The second kappa shape index (κ2) is 7.93. The molecule has 0 bridgehead atoms. The molecule has 2 aromatic carbocycles. The van der Waals surface area contributed by atoms with E-state index in [1.165, 1.54) is 19.2 Å². The first-order chi connectivity index (χ1) is 13.2. The van der Waals surface area contributed by atoms with Gasteiger partial charge in [-0.05, 0) is 61.7 Å². The van der Waals surface area contributed by atoms with Gasteiger partial charge in [0, 0.05) is 18.9 Å². The van der Waals surface area contributed by atoms with Crippen LogP contribution >= 0.6 is 0 Å². The van der Waals surface area contributed by atoms with Crippen molar-refractivity contribution in [2.45, 2.75) is 43.1 Å². The lowest BCUT2D eigenvalue weighted by Gasteiger charge is -2.38. The monoisotopic (exact) mass is 403 g/mol. The second-order valence-corrected chi connectivity index (χ2v) is 9.30. The zero-order chi connectivity index (χ0) is 20.4. The molecule has 1 aliphatic heterocycles. The van der Waals surface area contributed by atoms with Crippen LogP contribution in [-0.2, 0) is 21.2 Å². The minimum atomic E-state index is -3.63. The van der Waals surface area contributed by atoms with Crippen LogP contribution in [0, 0.1) is 0 Å². The van der Waals surface area contributed by atoms with E-state index in [2.05, 4.69) is 4.72 Å². The van der Waals surface area contributed by atoms with Crippen molar-refractivity contribution >= 4 is 16.3 Å². The third-order valence-electron chi connectivity index (χ3n) is 4.85. The van der Waals surface area contributed by atoms with Gasteiger partial charge in [0.05, 0.1) is 12.0 Å². The maximum atomic E-state index is 12.7. The van der Waals surface area contributed by atoms with Crippen molar-refractivity contribution in [3.05, 3.63) is 53.6 Å². The molecular formula is C21H25NO5S. The van der Waals surface area contributed by atoms with Crippen LogP contribution < -0.4 is 14.2 Å². The summed E-state index contributed by atoms with van der Waals surface area (Å²) in [4.78, 5) is 11.0. The summed E-state index contributed by atoms with van der Waals surface area (Å²) in [6.45, 7) is 4.22. The van der Waals surface area contributed by atoms with Crippen molar-refractivity contribution in [3.63, 3.8) is 0 Å². The number of aldehydes is 1. The topological polar surface area (TPSA) is 81.7 Å². The predicted octanol–water partition coefficient (Wildman–Crippen LogP) is 3.06. The Morgan fingerprint density at radius 3 is 2.57 bits per heavy atom. The number of carbonyl (C=O) groups excluding carboxylic acids is 1. The maximum absolute atomic E-state index is 12.7. The van der Waals surface area contributed by atoms with Gasteiger partial charge >= 0.3 is 0 Å². The van der Waals surface area contributed by atoms with Gasteiger partial charge in [-0.15, -0.1) is 0 Å². The number of nitrogens with one attached hydrogen (secondary N) is 1. The standard InChI is InChI=1S/C21H25NO5S/c1-21(2)13-16(19-9-4-15(10-11-23)12-20(19)27-21)14-22-28(24,25)18-7-5-17(26-3)6-8-18/h4-9,11-12,16,22H,10,13-14H2,1-3H3. The van der Waals surface area contributed by atoms with Crippen LogP contribution in [0.25, 0.3) is 0 Å². The quantitative estimate of drug-likeness (QED) is 0.719. The Balaban J connectivity index is 1.80. The van der Waals surface area contributed by atoms with Gasteiger partial charge in [0.15, 0.2) is 0 Å². The summed E-state index contributed by atoms with van der Waals surface area (Å²) in [6.07, 6.45) is 1.86. The van der Waals surface area contributed by atoms with Gasteiger partial charge < -0.3 is 14.3 Å². The van der Waals surface area contributed by atoms with E-state index in [4.69, 9.17) is 9.47 Å². The largest absolute Gasteiger partial charge is 0.497 e. The summed E-state index contributed by atoms with van der Waals surface area (Å²) in [7, 11) is -2.10. The van der Waals surface area contributed by atoms with E-state index >= 15 is 0 Å².